The minimum atomic E-state index is 0. The van der Waals surface area contributed by atoms with Gasteiger partial charge in [-0.15, -0.1) is 12.4 Å². The molecule has 0 fully saturated rings. The number of furan rings is 1. The molecule has 0 saturated heterocycles. The van der Waals surface area contributed by atoms with Gasteiger partial charge in [-0.2, -0.15) is 0 Å². The average molecular weight is 330 g/mol. The fraction of sp³-hybridized carbons (Fsp3) is 0.158. The predicted molar refractivity (Wildman–Crippen MR) is 94.9 cm³/mol. The van der Waals surface area contributed by atoms with E-state index < -0.39 is 0 Å². The minimum absolute atomic E-state index is 0. The summed E-state index contributed by atoms with van der Waals surface area (Å²) in [5.41, 5.74) is 2.32. The summed E-state index contributed by atoms with van der Waals surface area (Å²) >= 11 is 0. The van der Waals surface area contributed by atoms with E-state index in [0.29, 0.717) is 6.54 Å². The van der Waals surface area contributed by atoms with Gasteiger partial charge < -0.3 is 14.5 Å². The first kappa shape index (κ1) is 17.1. The van der Waals surface area contributed by atoms with Crippen LogP contribution in [0.4, 0.5) is 0 Å². The van der Waals surface area contributed by atoms with E-state index in [2.05, 4.69) is 17.4 Å². The van der Waals surface area contributed by atoms with Crippen molar-refractivity contribution in [3.63, 3.8) is 0 Å². The molecule has 0 saturated carbocycles. The van der Waals surface area contributed by atoms with Gasteiger partial charge >= 0.3 is 0 Å². The molecule has 3 aromatic rings. The maximum atomic E-state index is 5.86. The van der Waals surface area contributed by atoms with Crippen molar-refractivity contribution >= 4 is 12.4 Å². The fourth-order valence-electron chi connectivity index (χ4n) is 2.30. The van der Waals surface area contributed by atoms with Gasteiger partial charge in [0, 0.05) is 12.1 Å². The van der Waals surface area contributed by atoms with E-state index in [1.54, 1.807) is 7.11 Å². The van der Waals surface area contributed by atoms with Crippen LogP contribution in [0.3, 0.4) is 0 Å². The van der Waals surface area contributed by atoms with Crippen molar-refractivity contribution < 1.29 is 9.15 Å². The predicted octanol–water partition coefficient (Wildman–Crippen LogP) is 4.67. The van der Waals surface area contributed by atoms with Crippen LogP contribution in [-0.2, 0) is 13.1 Å². The van der Waals surface area contributed by atoms with Gasteiger partial charge in [0.2, 0.25) is 0 Å². The van der Waals surface area contributed by atoms with Crippen LogP contribution in [0.15, 0.2) is 71.1 Å². The molecule has 1 N–H and O–H groups in total. The van der Waals surface area contributed by atoms with Crippen LogP contribution < -0.4 is 10.1 Å². The van der Waals surface area contributed by atoms with E-state index in [-0.39, 0.29) is 12.4 Å². The zero-order chi connectivity index (χ0) is 15.2. The lowest BCUT2D eigenvalue weighted by Gasteiger charge is -2.04. The Labute approximate surface area is 142 Å². The zero-order valence-corrected chi connectivity index (χ0v) is 13.8. The van der Waals surface area contributed by atoms with Crippen molar-refractivity contribution in [2.45, 2.75) is 13.1 Å². The Hall–Kier alpha value is -2.23. The molecule has 0 bridgehead atoms. The van der Waals surface area contributed by atoms with Gasteiger partial charge in [-0.05, 0) is 29.8 Å². The van der Waals surface area contributed by atoms with Gasteiger partial charge in [-0.25, -0.2) is 0 Å². The summed E-state index contributed by atoms with van der Waals surface area (Å²) in [4.78, 5) is 0. The Morgan fingerprint density at radius 1 is 0.870 bits per heavy atom. The Balaban J connectivity index is 0.00000192. The summed E-state index contributed by atoms with van der Waals surface area (Å²) in [6.07, 6.45) is 0. The quantitative estimate of drug-likeness (QED) is 0.713. The third kappa shape index (κ3) is 4.62. The van der Waals surface area contributed by atoms with Crippen molar-refractivity contribution in [3.8, 4) is 17.1 Å². The van der Waals surface area contributed by atoms with Crippen LogP contribution in [0.25, 0.3) is 11.3 Å². The molecule has 1 heterocycles. The second-order valence-corrected chi connectivity index (χ2v) is 5.08. The van der Waals surface area contributed by atoms with Crippen LogP contribution in [0.2, 0.25) is 0 Å². The van der Waals surface area contributed by atoms with Crippen LogP contribution in [0, 0.1) is 0 Å². The Morgan fingerprint density at radius 3 is 2.30 bits per heavy atom. The summed E-state index contributed by atoms with van der Waals surface area (Å²) in [6, 6.07) is 22.2. The molecule has 4 heteroatoms. The van der Waals surface area contributed by atoms with Gasteiger partial charge in [-0.3, -0.25) is 0 Å². The number of rotatable bonds is 6. The molecule has 120 valence electrons. The Bertz CT molecular complexity index is 708. The highest BCUT2D eigenvalue weighted by Crippen LogP contribution is 2.21. The normalized spacial score (nSPS) is 10.1. The molecule has 0 aliphatic heterocycles. The fourth-order valence-corrected chi connectivity index (χ4v) is 2.30. The van der Waals surface area contributed by atoms with E-state index in [4.69, 9.17) is 9.15 Å². The smallest absolute Gasteiger partial charge is 0.134 e. The number of hydrogen-bond acceptors (Lipinski definition) is 3. The van der Waals surface area contributed by atoms with Crippen molar-refractivity contribution in [2.75, 3.05) is 7.11 Å². The monoisotopic (exact) mass is 329 g/mol. The van der Waals surface area contributed by atoms with Crippen LogP contribution in [0.1, 0.15) is 11.3 Å². The van der Waals surface area contributed by atoms with Crippen molar-refractivity contribution in [1.82, 2.24) is 5.32 Å². The lowest BCUT2D eigenvalue weighted by atomic mass is 10.2. The first-order valence-electron chi connectivity index (χ1n) is 7.33. The number of ether oxygens (including phenoxy) is 1. The molecule has 2 aromatic carbocycles. The second-order valence-electron chi connectivity index (χ2n) is 5.08. The lowest BCUT2D eigenvalue weighted by molar-refractivity contribution is 0.414. The zero-order valence-electron chi connectivity index (χ0n) is 13.0. The molecule has 1 aromatic heterocycles. The summed E-state index contributed by atoms with van der Waals surface area (Å²) in [7, 11) is 1.68. The summed E-state index contributed by atoms with van der Waals surface area (Å²) in [5.74, 6) is 2.72. The Kier molecular flexibility index (Phi) is 6.27. The first-order valence-corrected chi connectivity index (χ1v) is 7.33. The average Bonchev–Trinajstić information content (AvgIpc) is 3.05. The molecule has 0 spiro atoms. The maximum absolute atomic E-state index is 5.86. The van der Waals surface area contributed by atoms with Gasteiger partial charge in [0.25, 0.3) is 0 Å². The first-order chi connectivity index (χ1) is 10.8. The van der Waals surface area contributed by atoms with E-state index in [9.17, 15) is 0 Å². The van der Waals surface area contributed by atoms with Gasteiger partial charge in [0.1, 0.15) is 17.3 Å². The van der Waals surface area contributed by atoms with Gasteiger partial charge in [0.15, 0.2) is 0 Å². The molecular weight excluding hydrogens is 310 g/mol. The third-order valence-corrected chi connectivity index (χ3v) is 3.51. The summed E-state index contributed by atoms with van der Waals surface area (Å²) < 4.78 is 11.0. The summed E-state index contributed by atoms with van der Waals surface area (Å²) in [5, 5.41) is 3.39. The molecule has 23 heavy (non-hydrogen) atoms. The van der Waals surface area contributed by atoms with Crippen LogP contribution in [-0.4, -0.2) is 7.11 Å². The molecule has 3 nitrogen and oxygen atoms in total. The van der Waals surface area contributed by atoms with E-state index in [1.165, 1.54) is 5.56 Å². The maximum Gasteiger partial charge on any atom is 0.134 e. The number of nitrogens with one attached hydrogen (secondary N) is 1. The van der Waals surface area contributed by atoms with Crippen molar-refractivity contribution in [2.24, 2.45) is 0 Å². The highest BCUT2D eigenvalue weighted by molar-refractivity contribution is 5.85. The van der Waals surface area contributed by atoms with Gasteiger partial charge in [0.05, 0.1) is 13.7 Å². The topological polar surface area (TPSA) is 34.4 Å². The van der Waals surface area contributed by atoms with Crippen LogP contribution >= 0.6 is 12.4 Å². The van der Waals surface area contributed by atoms with Crippen molar-refractivity contribution in [3.05, 3.63) is 78.1 Å². The van der Waals surface area contributed by atoms with E-state index in [1.807, 2.05) is 54.6 Å². The van der Waals surface area contributed by atoms with Crippen LogP contribution in [0.5, 0.6) is 5.75 Å². The minimum Gasteiger partial charge on any atom is -0.497 e. The highest BCUT2D eigenvalue weighted by Gasteiger charge is 2.04. The standard InChI is InChI=1S/C19H19NO2.ClH/c1-21-17-9-7-15(8-10-17)13-20-14-18-11-12-19(22-18)16-5-3-2-4-6-16;/h2-12,20H,13-14H2,1H3;1H. The molecule has 0 unspecified atom stereocenters. The van der Waals surface area contributed by atoms with E-state index in [0.717, 1.165) is 29.4 Å². The molecule has 0 radical (unpaired) electrons. The van der Waals surface area contributed by atoms with E-state index >= 15 is 0 Å². The summed E-state index contributed by atoms with van der Waals surface area (Å²) in [6.45, 7) is 1.50. The largest absolute Gasteiger partial charge is 0.497 e. The molecule has 3 rings (SSSR count). The molecular formula is C19H20ClNO2. The number of hydrogen-bond donors (Lipinski definition) is 1. The number of benzene rings is 2. The molecule has 0 aliphatic rings. The van der Waals surface area contributed by atoms with Gasteiger partial charge in [-0.1, -0.05) is 42.5 Å². The SMILES string of the molecule is COc1ccc(CNCc2ccc(-c3ccccc3)o2)cc1.Cl. The lowest BCUT2D eigenvalue weighted by Crippen LogP contribution is -2.11. The molecule has 0 atom stereocenters. The number of methoxy groups -OCH3 is 1. The molecule has 0 aliphatic carbocycles. The third-order valence-electron chi connectivity index (χ3n) is 3.51. The van der Waals surface area contributed by atoms with Crippen molar-refractivity contribution in [1.29, 1.82) is 0 Å². The number of halogens is 1. The Morgan fingerprint density at radius 2 is 1.61 bits per heavy atom. The highest BCUT2D eigenvalue weighted by atomic mass is 35.5. The molecule has 0 amide bonds. The second kappa shape index (κ2) is 8.42.